The van der Waals surface area contributed by atoms with E-state index in [4.69, 9.17) is 5.73 Å². The Kier molecular flexibility index (Phi) is 4.72. The lowest BCUT2D eigenvalue weighted by Crippen LogP contribution is -2.13. The molecule has 0 fully saturated rings. The third-order valence-electron chi connectivity index (χ3n) is 2.86. The summed E-state index contributed by atoms with van der Waals surface area (Å²) in [6, 6.07) is 14.4. The van der Waals surface area contributed by atoms with Crippen molar-refractivity contribution in [3.63, 3.8) is 0 Å². The van der Waals surface area contributed by atoms with E-state index < -0.39 is 10.0 Å². The van der Waals surface area contributed by atoms with E-state index in [1.54, 1.807) is 36.4 Å². The molecular weight excluding hydrogens is 288 g/mol. The molecule has 3 N–H and O–H groups in total. The summed E-state index contributed by atoms with van der Waals surface area (Å²) in [7, 11) is -3.65. The van der Waals surface area contributed by atoms with Gasteiger partial charge in [-0.05, 0) is 30.8 Å². The lowest BCUT2D eigenvalue weighted by atomic mass is 10.1. The molecule has 110 valence electrons. The van der Waals surface area contributed by atoms with Gasteiger partial charge in [0.1, 0.15) is 0 Å². The van der Waals surface area contributed by atoms with Gasteiger partial charge >= 0.3 is 0 Å². The maximum absolute atomic E-state index is 12.2. The molecule has 0 bridgehead atoms. The molecule has 0 aromatic heterocycles. The zero-order valence-corrected chi connectivity index (χ0v) is 12.1. The summed E-state index contributed by atoms with van der Waals surface area (Å²) in [5, 5.41) is 0. The quantitative estimate of drug-likeness (QED) is 0.799. The maximum atomic E-state index is 12.2. The van der Waals surface area contributed by atoms with Crippen molar-refractivity contribution >= 4 is 21.5 Å². The summed E-state index contributed by atoms with van der Waals surface area (Å²) < 4.78 is 26.8. The number of rotatable bonds is 6. The van der Waals surface area contributed by atoms with E-state index in [1.165, 1.54) is 18.2 Å². The van der Waals surface area contributed by atoms with E-state index in [0.717, 1.165) is 0 Å². The minimum atomic E-state index is -3.65. The largest absolute Gasteiger partial charge is 0.330 e. The molecule has 2 aromatic carbocycles. The first-order valence-electron chi connectivity index (χ1n) is 6.44. The zero-order chi connectivity index (χ0) is 15.3. The molecule has 0 aliphatic carbocycles. The van der Waals surface area contributed by atoms with E-state index in [9.17, 15) is 13.2 Å². The average molecular weight is 304 g/mol. The molecule has 6 heteroatoms. The van der Waals surface area contributed by atoms with Crippen molar-refractivity contribution in [2.45, 2.75) is 11.3 Å². The lowest BCUT2D eigenvalue weighted by Gasteiger charge is -2.09. The summed E-state index contributed by atoms with van der Waals surface area (Å²) in [5.41, 5.74) is 6.14. The molecule has 0 saturated heterocycles. The number of nitrogens with two attached hydrogens (primary N) is 1. The van der Waals surface area contributed by atoms with E-state index in [0.29, 0.717) is 11.3 Å². The first kappa shape index (κ1) is 15.2. The Labute approximate surface area is 123 Å². The molecule has 21 heavy (non-hydrogen) atoms. The van der Waals surface area contributed by atoms with Crippen molar-refractivity contribution in [3.8, 4) is 0 Å². The normalized spacial score (nSPS) is 11.1. The van der Waals surface area contributed by atoms with Crippen LogP contribution in [0, 0.1) is 0 Å². The summed E-state index contributed by atoms with van der Waals surface area (Å²) in [4.78, 5) is 11.9. The molecule has 0 aliphatic rings. The van der Waals surface area contributed by atoms with Crippen molar-refractivity contribution in [2.75, 3.05) is 11.3 Å². The molecule has 0 heterocycles. The van der Waals surface area contributed by atoms with E-state index in [2.05, 4.69) is 4.72 Å². The number of Topliss-reactive ketones (excluding diaryl/α,β-unsaturated/α-hetero) is 1. The Hall–Kier alpha value is -2.18. The van der Waals surface area contributed by atoms with E-state index in [1.807, 2.05) is 0 Å². The van der Waals surface area contributed by atoms with Crippen LogP contribution in [-0.2, 0) is 10.0 Å². The van der Waals surface area contributed by atoms with Crippen LogP contribution in [0.3, 0.4) is 0 Å². The number of anilines is 1. The van der Waals surface area contributed by atoms with Crippen LogP contribution in [0.2, 0.25) is 0 Å². The molecule has 0 aliphatic heterocycles. The number of carbonyl (C=O) groups is 1. The van der Waals surface area contributed by atoms with Crippen LogP contribution in [0.5, 0.6) is 0 Å². The van der Waals surface area contributed by atoms with Crippen molar-refractivity contribution in [2.24, 2.45) is 5.73 Å². The maximum Gasteiger partial charge on any atom is 0.261 e. The highest BCUT2D eigenvalue weighted by Crippen LogP contribution is 2.17. The van der Waals surface area contributed by atoms with Gasteiger partial charge in [0.25, 0.3) is 10.0 Å². The number of benzene rings is 2. The first-order valence-corrected chi connectivity index (χ1v) is 7.92. The smallest absolute Gasteiger partial charge is 0.261 e. The van der Waals surface area contributed by atoms with Crippen LogP contribution in [0.25, 0.3) is 0 Å². The van der Waals surface area contributed by atoms with Crippen LogP contribution in [0.4, 0.5) is 5.69 Å². The van der Waals surface area contributed by atoms with Crippen LogP contribution in [-0.4, -0.2) is 20.7 Å². The Bertz CT molecular complexity index is 728. The van der Waals surface area contributed by atoms with Crippen LogP contribution in [0.1, 0.15) is 16.8 Å². The van der Waals surface area contributed by atoms with Gasteiger partial charge in [0.2, 0.25) is 0 Å². The molecule has 0 saturated carbocycles. The van der Waals surface area contributed by atoms with Crippen molar-refractivity contribution in [1.82, 2.24) is 0 Å². The second-order valence-corrected chi connectivity index (χ2v) is 6.14. The standard InChI is InChI=1S/C15H16N2O3S/c16-10-9-15(18)12-5-4-6-13(11-12)17-21(19,20)14-7-2-1-3-8-14/h1-8,11,17H,9-10,16H2. The monoisotopic (exact) mass is 304 g/mol. The molecule has 0 atom stereocenters. The van der Waals surface area contributed by atoms with Gasteiger partial charge in [-0.15, -0.1) is 0 Å². The van der Waals surface area contributed by atoms with Crippen molar-refractivity contribution in [3.05, 3.63) is 60.2 Å². The van der Waals surface area contributed by atoms with Crippen LogP contribution in [0.15, 0.2) is 59.5 Å². The highest BCUT2D eigenvalue weighted by atomic mass is 32.2. The molecule has 2 aromatic rings. The van der Waals surface area contributed by atoms with Crippen LogP contribution < -0.4 is 10.5 Å². The summed E-state index contributed by atoms with van der Waals surface area (Å²) in [6.07, 6.45) is 0.231. The second kappa shape index (κ2) is 6.51. The highest BCUT2D eigenvalue weighted by Gasteiger charge is 2.14. The van der Waals surface area contributed by atoms with Gasteiger partial charge in [-0.3, -0.25) is 9.52 Å². The fraction of sp³-hybridized carbons (Fsp3) is 0.133. The Morgan fingerprint density at radius 2 is 1.76 bits per heavy atom. The summed E-state index contributed by atoms with van der Waals surface area (Å²) in [5.74, 6) is -0.113. The SMILES string of the molecule is NCCC(=O)c1cccc(NS(=O)(=O)c2ccccc2)c1. The molecule has 0 radical (unpaired) electrons. The van der Waals surface area contributed by atoms with Crippen LogP contribution >= 0.6 is 0 Å². The van der Waals surface area contributed by atoms with Gasteiger partial charge in [0.05, 0.1) is 4.90 Å². The number of hydrogen-bond acceptors (Lipinski definition) is 4. The molecular formula is C15H16N2O3S. The number of carbonyl (C=O) groups excluding carboxylic acids is 1. The van der Waals surface area contributed by atoms with Gasteiger partial charge in [-0.25, -0.2) is 8.42 Å². The predicted molar refractivity (Wildman–Crippen MR) is 81.7 cm³/mol. The van der Waals surface area contributed by atoms with E-state index >= 15 is 0 Å². The predicted octanol–water partition coefficient (Wildman–Crippen LogP) is 2.02. The Morgan fingerprint density at radius 1 is 1.05 bits per heavy atom. The van der Waals surface area contributed by atoms with Crippen molar-refractivity contribution < 1.29 is 13.2 Å². The first-order chi connectivity index (χ1) is 10.0. The van der Waals surface area contributed by atoms with Gasteiger partial charge in [0.15, 0.2) is 5.78 Å². The molecule has 0 amide bonds. The molecule has 5 nitrogen and oxygen atoms in total. The number of ketones is 1. The molecule has 0 spiro atoms. The molecule has 2 rings (SSSR count). The third-order valence-corrected chi connectivity index (χ3v) is 4.26. The Morgan fingerprint density at radius 3 is 2.43 bits per heavy atom. The minimum absolute atomic E-state index is 0.113. The minimum Gasteiger partial charge on any atom is -0.330 e. The van der Waals surface area contributed by atoms with Gasteiger partial charge in [-0.1, -0.05) is 30.3 Å². The number of hydrogen-bond donors (Lipinski definition) is 2. The van der Waals surface area contributed by atoms with Gasteiger partial charge in [0, 0.05) is 17.7 Å². The van der Waals surface area contributed by atoms with E-state index in [-0.39, 0.29) is 23.6 Å². The number of sulfonamides is 1. The van der Waals surface area contributed by atoms with Gasteiger partial charge < -0.3 is 5.73 Å². The third kappa shape index (κ3) is 3.90. The fourth-order valence-electron chi connectivity index (χ4n) is 1.85. The Balaban J connectivity index is 2.24. The lowest BCUT2D eigenvalue weighted by molar-refractivity contribution is 0.0985. The zero-order valence-electron chi connectivity index (χ0n) is 11.3. The van der Waals surface area contributed by atoms with Crippen molar-refractivity contribution in [1.29, 1.82) is 0 Å². The molecule has 0 unspecified atom stereocenters. The second-order valence-electron chi connectivity index (χ2n) is 4.46. The van der Waals surface area contributed by atoms with Gasteiger partial charge in [-0.2, -0.15) is 0 Å². The number of nitrogens with one attached hydrogen (secondary N) is 1. The average Bonchev–Trinajstić information content (AvgIpc) is 2.48. The highest BCUT2D eigenvalue weighted by molar-refractivity contribution is 7.92. The summed E-state index contributed by atoms with van der Waals surface area (Å²) >= 11 is 0. The fourth-order valence-corrected chi connectivity index (χ4v) is 2.92. The topological polar surface area (TPSA) is 89.3 Å². The summed E-state index contributed by atoms with van der Waals surface area (Å²) in [6.45, 7) is 0.263.